The molecule has 172 valence electrons. The lowest BCUT2D eigenvalue weighted by molar-refractivity contribution is -0.137. The molecule has 2 rings (SSSR count). The van der Waals surface area contributed by atoms with Crippen molar-refractivity contribution in [1.82, 2.24) is 5.32 Å². The first kappa shape index (κ1) is 26.0. The van der Waals surface area contributed by atoms with E-state index in [1.807, 2.05) is 31.2 Å². The van der Waals surface area contributed by atoms with Crippen molar-refractivity contribution < 1.29 is 24.6 Å². The molecule has 0 fully saturated rings. The highest BCUT2D eigenvalue weighted by Crippen LogP contribution is 2.47. The van der Waals surface area contributed by atoms with Crippen LogP contribution in [0.4, 0.5) is 0 Å². The fraction of sp³-hybridized carbons (Fsp3) is 0.571. The molecule has 1 aliphatic rings. The van der Waals surface area contributed by atoms with Crippen LogP contribution in [0.3, 0.4) is 0 Å². The summed E-state index contributed by atoms with van der Waals surface area (Å²) in [5.74, 6) is -1.69. The molecule has 10 heteroatoms. The second-order valence-electron chi connectivity index (χ2n) is 7.47. The Morgan fingerprint density at radius 3 is 2.58 bits per heavy atom. The van der Waals surface area contributed by atoms with Gasteiger partial charge >= 0.3 is 5.97 Å². The van der Waals surface area contributed by atoms with Gasteiger partial charge in [0.25, 0.3) is 5.91 Å². The quantitative estimate of drug-likeness (QED) is 0.235. The summed E-state index contributed by atoms with van der Waals surface area (Å²) in [6.07, 6.45) is 3.87. The Morgan fingerprint density at radius 2 is 2.00 bits per heavy atom. The predicted molar refractivity (Wildman–Crippen MR) is 129 cm³/mol. The van der Waals surface area contributed by atoms with E-state index in [1.54, 1.807) is 23.5 Å². The van der Waals surface area contributed by atoms with Crippen molar-refractivity contribution in [3.8, 4) is 0 Å². The van der Waals surface area contributed by atoms with Crippen LogP contribution in [0.2, 0.25) is 0 Å². The Kier molecular flexibility index (Phi) is 10.6. The monoisotopic (exact) mass is 486 g/mol. The fourth-order valence-corrected chi connectivity index (χ4v) is 6.73. The van der Waals surface area contributed by atoms with E-state index in [0.29, 0.717) is 0 Å². The van der Waals surface area contributed by atoms with Crippen molar-refractivity contribution in [2.45, 2.75) is 65.1 Å². The lowest BCUT2D eigenvalue weighted by Gasteiger charge is -2.34. The largest absolute Gasteiger partial charge is 0.481 e. The van der Waals surface area contributed by atoms with E-state index in [4.69, 9.17) is 4.84 Å². The maximum atomic E-state index is 12.2. The number of hydrogen-bond donors (Lipinski definition) is 3. The number of rotatable bonds is 12. The topological polar surface area (TPSA) is 108 Å². The SMILES string of the molecule is CCCC(P)(CC)NC(=O)CO/N=C/C(CC(=O)O)C1Sc2ccccc2SC1CO. The second kappa shape index (κ2) is 12.7. The summed E-state index contributed by atoms with van der Waals surface area (Å²) >= 11 is 3.09. The van der Waals surface area contributed by atoms with E-state index in [0.717, 1.165) is 29.1 Å². The molecular weight excluding hydrogens is 455 g/mol. The molecule has 0 aromatic heterocycles. The molecular formula is C21H31N2O5PS2. The van der Waals surface area contributed by atoms with Gasteiger partial charge in [-0.25, -0.2) is 0 Å². The fourth-order valence-electron chi connectivity index (χ4n) is 3.36. The Hall–Kier alpha value is -1.28. The zero-order chi connectivity index (χ0) is 22.9. The van der Waals surface area contributed by atoms with Gasteiger partial charge in [0.05, 0.1) is 18.3 Å². The number of aliphatic carboxylic acids is 1. The van der Waals surface area contributed by atoms with Crippen LogP contribution in [0.1, 0.15) is 39.5 Å². The molecule has 7 nitrogen and oxygen atoms in total. The summed E-state index contributed by atoms with van der Waals surface area (Å²) in [7, 11) is 2.70. The number of nitrogens with zero attached hydrogens (tertiary/aromatic N) is 1. The Morgan fingerprint density at radius 1 is 1.32 bits per heavy atom. The normalized spacial score (nSPS) is 21.2. The molecule has 1 heterocycles. The Labute approximate surface area is 194 Å². The van der Waals surface area contributed by atoms with Crippen molar-refractivity contribution in [1.29, 1.82) is 0 Å². The number of carbonyl (C=O) groups is 2. The molecule has 0 bridgehead atoms. The average Bonchev–Trinajstić information content (AvgIpc) is 2.74. The summed E-state index contributed by atoms with van der Waals surface area (Å²) in [6, 6.07) is 7.86. The summed E-state index contributed by atoms with van der Waals surface area (Å²) < 4.78 is 0. The van der Waals surface area contributed by atoms with Gasteiger partial charge in [0, 0.05) is 32.4 Å². The second-order valence-corrected chi connectivity index (χ2v) is 11.1. The highest BCUT2D eigenvalue weighted by molar-refractivity contribution is 8.06. The van der Waals surface area contributed by atoms with Gasteiger partial charge in [0.2, 0.25) is 0 Å². The maximum Gasteiger partial charge on any atom is 0.304 e. The maximum absolute atomic E-state index is 12.2. The molecule has 0 saturated carbocycles. The van der Waals surface area contributed by atoms with Crippen molar-refractivity contribution in [3.05, 3.63) is 24.3 Å². The molecule has 5 unspecified atom stereocenters. The van der Waals surface area contributed by atoms with Gasteiger partial charge < -0.3 is 20.4 Å². The Balaban J connectivity index is 2.02. The van der Waals surface area contributed by atoms with Gasteiger partial charge in [-0.05, 0) is 25.0 Å². The number of carboxylic acids is 1. The average molecular weight is 487 g/mol. The summed E-state index contributed by atoms with van der Waals surface area (Å²) in [4.78, 5) is 30.9. The number of amides is 1. The van der Waals surface area contributed by atoms with Crippen molar-refractivity contribution in [3.63, 3.8) is 0 Å². The van der Waals surface area contributed by atoms with Crippen LogP contribution in [0, 0.1) is 5.92 Å². The van der Waals surface area contributed by atoms with E-state index in [1.165, 1.54) is 6.21 Å². The van der Waals surface area contributed by atoms with Gasteiger partial charge in [-0.15, -0.1) is 32.8 Å². The van der Waals surface area contributed by atoms with E-state index in [9.17, 15) is 19.8 Å². The summed E-state index contributed by atoms with van der Waals surface area (Å²) in [6.45, 7) is 3.75. The van der Waals surface area contributed by atoms with E-state index in [2.05, 4.69) is 26.6 Å². The number of carboxylic acid groups (broad SMARTS) is 1. The van der Waals surface area contributed by atoms with Crippen LogP contribution in [0.25, 0.3) is 0 Å². The van der Waals surface area contributed by atoms with Crippen molar-refractivity contribution in [2.24, 2.45) is 11.1 Å². The molecule has 1 aromatic rings. The molecule has 3 N–H and O–H groups in total. The van der Waals surface area contributed by atoms with Crippen LogP contribution < -0.4 is 5.32 Å². The van der Waals surface area contributed by atoms with Crippen molar-refractivity contribution in [2.75, 3.05) is 13.2 Å². The number of fused-ring (bicyclic) bond motifs is 1. The van der Waals surface area contributed by atoms with Gasteiger partial charge in [-0.3, -0.25) is 9.59 Å². The highest BCUT2D eigenvalue weighted by Gasteiger charge is 2.36. The number of benzene rings is 1. The number of hydrogen-bond acceptors (Lipinski definition) is 7. The third kappa shape index (κ3) is 7.97. The van der Waals surface area contributed by atoms with E-state index < -0.39 is 11.9 Å². The lowest BCUT2D eigenvalue weighted by atomic mass is 10.00. The standard InChI is InChI=1S/C21H31N2O5PS2/c1-3-9-21(29,4-2)23-18(25)13-28-22-11-14(10-19(26)27)20-17(12-24)30-15-7-5-6-8-16(15)31-20/h5-8,11,14,17,20,24H,3-4,9-10,12-13,29H2,1-2H3,(H,23,25)(H,26,27)/b22-11+. The zero-order valence-electron chi connectivity index (χ0n) is 17.8. The number of carbonyl (C=O) groups excluding carboxylic acids is 1. The number of aliphatic hydroxyl groups is 1. The molecule has 5 atom stereocenters. The lowest BCUT2D eigenvalue weighted by Crippen LogP contribution is -2.44. The molecule has 0 aliphatic carbocycles. The van der Waals surface area contributed by atoms with Gasteiger partial charge in [-0.2, -0.15) is 0 Å². The van der Waals surface area contributed by atoms with E-state index >= 15 is 0 Å². The van der Waals surface area contributed by atoms with Crippen LogP contribution in [-0.2, 0) is 14.4 Å². The van der Waals surface area contributed by atoms with Crippen molar-refractivity contribution >= 4 is 50.9 Å². The Bertz CT molecular complexity index is 782. The molecule has 1 aliphatic heterocycles. The smallest absolute Gasteiger partial charge is 0.304 e. The minimum atomic E-state index is -0.953. The summed E-state index contributed by atoms with van der Waals surface area (Å²) in [5.41, 5.74) is 0. The third-order valence-electron chi connectivity index (χ3n) is 5.01. The minimum Gasteiger partial charge on any atom is -0.481 e. The van der Waals surface area contributed by atoms with Crippen LogP contribution >= 0.6 is 32.8 Å². The van der Waals surface area contributed by atoms with Crippen LogP contribution in [0.5, 0.6) is 0 Å². The van der Waals surface area contributed by atoms with Gasteiger partial charge in [0.15, 0.2) is 6.61 Å². The predicted octanol–water partition coefficient (Wildman–Crippen LogP) is 3.60. The number of thioether (sulfide) groups is 2. The van der Waals surface area contributed by atoms with E-state index in [-0.39, 0.29) is 41.3 Å². The summed E-state index contributed by atoms with van der Waals surface area (Å²) in [5, 5.41) is 25.4. The molecule has 0 radical (unpaired) electrons. The first-order valence-corrected chi connectivity index (χ1v) is 12.7. The molecule has 31 heavy (non-hydrogen) atoms. The molecule has 1 amide bonds. The minimum absolute atomic E-state index is 0.0748. The number of nitrogens with one attached hydrogen (secondary N) is 1. The number of oxime groups is 1. The molecule has 1 aromatic carbocycles. The van der Waals surface area contributed by atoms with Gasteiger partial charge in [-0.1, -0.05) is 37.6 Å². The zero-order valence-corrected chi connectivity index (χ0v) is 20.6. The molecule has 0 spiro atoms. The van der Waals surface area contributed by atoms with Crippen LogP contribution in [0.15, 0.2) is 39.2 Å². The highest BCUT2D eigenvalue weighted by atomic mass is 32.2. The number of aliphatic hydroxyl groups excluding tert-OH is 1. The molecule has 0 saturated heterocycles. The third-order valence-corrected chi connectivity index (χ3v) is 9.07. The first-order chi connectivity index (χ1) is 14.8. The van der Waals surface area contributed by atoms with Gasteiger partial charge in [0.1, 0.15) is 0 Å². The van der Waals surface area contributed by atoms with Crippen LogP contribution in [-0.4, -0.2) is 57.3 Å². The first-order valence-electron chi connectivity index (χ1n) is 10.3.